The lowest BCUT2D eigenvalue weighted by molar-refractivity contribution is -0.138. The lowest BCUT2D eigenvalue weighted by Crippen LogP contribution is -2.39. The van der Waals surface area contributed by atoms with Gasteiger partial charge in [0.25, 0.3) is 0 Å². The third-order valence-corrected chi connectivity index (χ3v) is 5.35. The quantitative estimate of drug-likeness (QED) is 0.661. The molecule has 0 saturated carbocycles. The average Bonchev–Trinajstić information content (AvgIpc) is 3.08. The van der Waals surface area contributed by atoms with Gasteiger partial charge >= 0.3 is 0 Å². The van der Waals surface area contributed by atoms with Gasteiger partial charge in [-0.3, -0.25) is 4.79 Å². The number of aromatic nitrogens is 1. The molecular weight excluding hydrogens is 348 g/mol. The molecule has 0 N–H and O–H groups in total. The lowest BCUT2D eigenvalue weighted by atomic mass is 10.1. The zero-order valence-electron chi connectivity index (χ0n) is 16.2. The fourth-order valence-corrected chi connectivity index (χ4v) is 3.22. The zero-order valence-corrected chi connectivity index (χ0v) is 17.1. The highest BCUT2D eigenvalue weighted by molar-refractivity contribution is 7.09. The van der Waals surface area contributed by atoms with E-state index in [1.54, 1.807) is 11.3 Å². The van der Waals surface area contributed by atoms with Gasteiger partial charge in [-0.25, -0.2) is 4.98 Å². The minimum absolute atomic E-state index is 0.0113. The van der Waals surface area contributed by atoms with Crippen molar-refractivity contribution in [2.24, 2.45) is 0 Å². The van der Waals surface area contributed by atoms with E-state index < -0.39 is 0 Å². The minimum Gasteiger partial charge on any atom is -0.486 e. The fraction of sp³-hybridized carbons (Fsp3) is 0.500. The van der Waals surface area contributed by atoms with Crippen molar-refractivity contribution in [3.8, 4) is 5.75 Å². The van der Waals surface area contributed by atoms with Crippen molar-refractivity contribution in [2.45, 2.75) is 53.3 Å². The molecule has 6 heteroatoms. The molecule has 1 aromatic heterocycles. The Morgan fingerprint density at radius 1 is 1.31 bits per heavy atom. The van der Waals surface area contributed by atoms with Crippen LogP contribution in [0.3, 0.4) is 0 Å². The Hall–Kier alpha value is -1.92. The molecule has 1 atom stereocenters. The van der Waals surface area contributed by atoms with E-state index in [1.165, 1.54) is 18.2 Å². The van der Waals surface area contributed by atoms with Crippen LogP contribution in [0, 0.1) is 13.8 Å². The number of hydrogen-bond acceptors (Lipinski definition) is 5. The van der Waals surface area contributed by atoms with E-state index in [1.807, 2.05) is 29.3 Å². The van der Waals surface area contributed by atoms with Crippen LogP contribution >= 0.6 is 11.3 Å². The van der Waals surface area contributed by atoms with Crippen LogP contribution in [0.25, 0.3) is 0 Å². The van der Waals surface area contributed by atoms with Gasteiger partial charge in [0.15, 0.2) is 0 Å². The monoisotopic (exact) mass is 376 g/mol. The number of benzene rings is 1. The van der Waals surface area contributed by atoms with Gasteiger partial charge in [-0.1, -0.05) is 13.0 Å². The summed E-state index contributed by atoms with van der Waals surface area (Å²) in [5.74, 6) is 0.837. The molecule has 142 valence electrons. The molecule has 0 radical (unpaired) electrons. The minimum atomic E-state index is -0.0113. The second-order valence-corrected chi connectivity index (χ2v) is 7.42. The van der Waals surface area contributed by atoms with E-state index in [9.17, 15) is 4.79 Å². The highest BCUT2D eigenvalue weighted by Gasteiger charge is 2.20. The number of carbonyl (C=O) groups excluding carboxylic acids is 1. The van der Waals surface area contributed by atoms with E-state index in [2.05, 4.69) is 31.8 Å². The van der Waals surface area contributed by atoms with Gasteiger partial charge in [0.1, 0.15) is 24.0 Å². The van der Waals surface area contributed by atoms with Crippen molar-refractivity contribution in [3.05, 3.63) is 45.4 Å². The predicted octanol–water partition coefficient (Wildman–Crippen LogP) is 4.11. The number of rotatable bonds is 9. The molecule has 1 aromatic carbocycles. The summed E-state index contributed by atoms with van der Waals surface area (Å²) < 4.78 is 10.8. The van der Waals surface area contributed by atoms with Gasteiger partial charge in [-0.2, -0.15) is 0 Å². The molecule has 0 saturated heterocycles. The number of ether oxygens (including phenoxy) is 2. The third kappa shape index (κ3) is 5.54. The van der Waals surface area contributed by atoms with Crippen LogP contribution in [0.2, 0.25) is 0 Å². The Morgan fingerprint density at radius 3 is 2.73 bits per heavy atom. The highest BCUT2D eigenvalue weighted by atomic mass is 32.1. The molecule has 2 aromatic rings. The van der Waals surface area contributed by atoms with Gasteiger partial charge < -0.3 is 14.4 Å². The summed E-state index contributed by atoms with van der Waals surface area (Å²) in [6.45, 7) is 9.30. The van der Waals surface area contributed by atoms with Crippen molar-refractivity contribution >= 4 is 17.2 Å². The summed E-state index contributed by atoms with van der Waals surface area (Å²) in [6, 6.07) is 6.22. The zero-order chi connectivity index (χ0) is 19.1. The van der Waals surface area contributed by atoms with Gasteiger partial charge in [-0.05, 0) is 50.5 Å². The molecule has 1 heterocycles. The lowest BCUT2D eigenvalue weighted by Gasteiger charge is -2.27. The molecule has 5 nitrogen and oxygen atoms in total. The van der Waals surface area contributed by atoms with Crippen molar-refractivity contribution in [1.82, 2.24) is 9.88 Å². The summed E-state index contributed by atoms with van der Waals surface area (Å²) in [5.41, 5.74) is 3.35. The van der Waals surface area contributed by atoms with Crippen LogP contribution in [0.1, 0.15) is 42.1 Å². The van der Waals surface area contributed by atoms with Crippen LogP contribution in [0.4, 0.5) is 0 Å². The largest absolute Gasteiger partial charge is 0.486 e. The first kappa shape index (κ1) is 20.4. The van der Waals surface area contributed by atoms with Gasteiger partial charge in [0.05, 0.1) is 12.2 Å². The van der Waals surface area contributed by atoms with Crippen molar-refractivity contribution in [3.63, 3.8) is 0 Å². The summed E-state index contributed by atoms with van der Waals surface area (Å²) in [4.78, 5) is 18.7. The third-order valence-electron chi connectivity index (χ3n) is 4.48. The SMILES string of the molecule is CC[C@@H](C)N(Cc1csc(COc2ccc(C)c(C)c2)n1)C(=O)COC. The molecule has 2 rings (SSSR count). The normalized spacial score (nSPS) is 12.0. The van der Waals surface area contributed by atoms with Crippen LogP contribution in [-0.4, -0.2) is 35.5 Å². The molecule has 0 spiro atoms. The first-order valence-electron chi connectivity index (χ1n) is 8.86. The molecule has 0 bridgehead atoms. The van der Waals surface area contributed by atoms with Gasteiger partial charge in [0.2, 0.25) is 5.91 Å². The number of hydrogen-bond donors (Lipinski definition) is 0. The van der Waals surface area contributed by atoms with Gasteiger partial charge in [-0.15, -0.1) is 11.3 Å². The Bertz CT molecular complexity index is 730. The Kier molecular flexibility index (Phi) is 7.60. The smallest absolute Gasteiger partial charge is 0.249 e. The van der Waals surface area contributed by atoms with E-state index in [0.29, 0.717) is 13.2 Å². The Balaban J connectivity index is 1.98. The van der Waals surface area contributed by atoms with Crippen molar-refractivity contribution in [2.75, 3.05) is 13.7 Å². The van der Waals surface area contributed by atoms with Crippen LogP contribution in [-0.2, 0) is 22.7 Å². The number of nitrogens with zero attached hydrogens (tertiary/aromatic N) is 2. The molecule has 0 unspecified atom stereocenters. The second kappa shape index (κ2) is 9.69. The first-order chi connectivity index (χ1) is 12.4. The highest BCUT2D eigenvalue weighted by Crippen LogP contribution is 2.20. The van der Waals surface area contributed by atoms with Gasteiger partial charge in [0, 0.05) is 18.5 Å². The molecule has 26 heavy (non-hydrogen) atoms. The summed E-state index contributed by atoms with van der Waals surface area (Å²) in [6.07, 6.45) is 0.891. The first-order valence-corrected chi connectivity index (χ1v) is 9.74. The molecule has 0 fully saturated rings. The predicted molar refractivity (Wildman–Crippen MR) is 105 cm³/mol. The van der Waals surface area contributed by atoms with Crippen molar-refractivity contribution in [1.29, 1.82) is 0 Å². The maximum Gasteiger partial charge on any atom is 0.249 e. The summed E-state index contributed by atoms with van der Waals surface area (Å²) in [7, 11) is 1.54. The standard InChI is InChI=1S/C20H28N2O3S/c1-6-16(4)22(20(23)12-24-5)10-17-13-26-19(21-17)11-25-18-8-7-14(2)15(3)9-18/h7-9,13,16H,6,10-12H2,1-5H3/t16-/m1/s1. The average molecular weight is 377 g/mol. The molecular formula is C20H28N2O3S. The number of methoxy groups -OCH3 is 1. The van der Waals surface area contributed by atoms with Crippen LogP contribution in [0.15, 0.2) is 23.6 Å². The number of amides is 1. The van der Waals surface area contributed by atoms with E-state index in [-0.39, 0.29) is 18.6 Å². The maximum atomic E-state index is 12.3. The number of aryl methyl sites for hydroxylation is 2. The second-order valence-electron chi connectivity index (χ2n) is 6.48. The fourth-order valence-electron chi connectivity index (χ4n) is 2.53. The molecule has 1 amide bonds. The Morgan fingerprint density at radius 2 is 2.08 bits per heavy atom. The maximum absolute atomic E-state index is 12.3. The summed E-state index contributed by atoms with van der Waals surface area (Å²) >= 11 is 1.56. The van der Waals surface area contributed by atoms with Crippen molar-refractivity contribution < 1.29 is 14.3 Å². The Labute approximate surface area is 160 Å². The van der Waals surface area contributed by atoms with E-state index in [0.717, 1.165) is 22.9 Å². The number of carbonyl (C=O) groups is 1. The topological polar surface area (TPSA) is 51.7 Å². The molecule has 0 aliphatic carbocycles. The molecule has 0 aliphatic rings. The number of thiazole rings is 1. The van der Waals surface area contributed by atoms with E-state index >= 15 is 0 Å². The van der Waals surface area contributed by atoms with Crippen LogP contribution in [0.5, 0.6) is 5.75 Å². The van der Waals surface area contributed by atoms with E-state index in [4.69, 9.17) is 9.47 Å². The summed E-state index contributed by atoms with van der Waals surface area (Å²) in [5, 5.41) is 2.90. The molecule has 0 aliphatic heterocycles. The van der Waals surface area contributed by atoms with Crippen LogP contribution < -0.4 is 4.74 Å².